The summed E-state index contributed by atoms with van der Waals surface area (Å²) in [6.45, 7) is 5.51. The summed E-state index contributed by atoms with van der Waals surface area (Å²) in [7, 11) is 0. The van der Waals surface area contributed by atoms with Crippen molar-refractivity contribution >= 4 is 18.3 Å². The lowest BCUT2D eigenvalue weighted by molar-refractivity contribution is -0.129. The molecule has 0 aliphatic heterocycles. The number of hydrogen-bond acceptors (Lipinski definition) is 5. The van der Waals surface area contributed by atoms with Crippen molar-refractivity contribution in [2.75, 3.05) is 13.2 Å². The zero-order chi connectivity index (χ0) is 12.6. The van der Waals surface area contributed by atoms with Crippen LogP contribution in [0.5, 0.6) is 0 Å². The van der Waals surface area contributed by atoms with E-state index in [4.69, 9.17) is 9.84 Å². The molecule has 0 unspecified atom stereocenters. The van der Waals surface area contributed by atoms with Gasteiger partial charge in [0.1, 0.15) is 12.2 Å². The number of carbonyl (C=O) groups excluding carboxylic acids is 1. The van der Waals surface area contributed by atoms with Crippen LogP contribution in [-0.2, 0) is 14.4 Å². The first-order chi connectivity index (χ1) is 7.31. The van der Waals surface area contributed by atoms with E-state index < -0.39 is 17.7 Å². The predicted molar refractivity (Wildman–Crippen MR) is 56.3 cm³/mol. The van der Waals surface area contributed by atoms with Crippen molar-refractivity contribution in [2.24, 2.45) is 5.16 Å². The Morgan fingerprint density at radius 2 is 2.06 bits per heavy atom. The first-order valence-electron chi connectivity index (χ1n) is 4.66. The first kappa shape index (κ1) is 14.2. The third-order valence-corrected chi connectivity index (χ3v) is 1.10. The molecule has 1 amide bonds. The third kappa shape index (κ3) is 10.3. The summed E-state index contributed by atoms with van der Waals surface area (Å²) in [4.78, 5) is 25.6. The summed E-state index contributed by atoms with van der Waals surface area (Å²) >= 11 is 0. The van der Waals surface area contributed by atoms with Crippen LogP contribution in [-0.4, -0.2) is 42.1 Å². The van der Waals surface area contributed by atoms with Crippen molar-refractivity contribution in [1.82, 2.24) is 5.32 Å². The maximum absolute atomic E-state index is 11.1. The van der Waals surface area contributed by atoms with Gasteiger partial charge in [0.15, 0.2) is 6.21 Å². The highest BCUT2D eigenvalue weighted by Gasteiger charge is 2.15. The molecule has 0 aliphatic rings. The maximum Gasteiger partial charge on any atom is 0.407 e. The van der Waals surface area contributed by atoms with E-state index in [1.807, 2.05) is 0 Å². The number of carbonyl (C=O) groups is 2. The van der Waals surface area contributed by atoms with Crippen molar-refractivity contribution in [1.29, 1.82) is 0 Å². The van der Waals surface area contributed by atoms with Gasteiger partial charge in [-0.3, -0.25) is 0 Å². The number of amides is 1. The van der Waals surface area contributed by atoms with E-state index in [9.17, 15) is 9.59 Å². The predicted octanol–water partition coefficient (Wildman–Crippen LogP) is 0.598. The van der Waals surface area contributed by atoms with Crippen molar-refractivity contribution in [3.8, 4) is 0 Å². The molecule has 0 rings (SSSR count). The Kier molecular flexibility index (Phi) is 5.91. The molecule has 0 aromatic heterocycles. The molecule has 92 valence electrons. The summed E-state index contributed by atoms with van der Waals surface area (Å²) in [5, 5.41) is 13.7. The zero-order valence-corrected chi connectivity index (χ0v) is 9.52. The van der Waals surface area contributed by atoms with Crippen LogP contribution in [0, 0.1) is 0 Å². The summed E-state index contributed by atoms with van der Waals surface area (Å²) < 4.78 is 4.94. The number of rotatable bonds is 5. The molecule has 0 aromatic rings. The summed E-state index contributed by atoms with van der Waals surface area (Å²) in [5.74, 6) is -1.19. The standard InChI is InChI=1S/C9H16N2O5/c1-9(2,3)16-8(14)10-4-5-15-11-6-7(12)13/h6H,4-5H2,1-3H3,(H,10,14)(H,12,13). The minimum atomic E-state index is -1.19. The highest BCUT2D eigenvalue weighted by molar-refractivity contribution is 6.21. The van der Waals surface area contributed by atoms with E-state index in [1.165, 1.54) is 0 Å². The number of nitrogens with zero attached hydrogens (tertiary/aromatic N) is 1. The quantitative estimate of drug-likeness (QED) is 0.411. The molecule has 2 N–H and O–H groups in total. The second-order valence-electron chi connectivity index (χ2n) is 3.83. The van der Waals surface area contributed by atoms with E-state index in [1.54, 1.807) is 20.8 Å². The Hall–Kier alpha value is -1.79. The lowest BCUT2D eigenvalue weighted by Gasteiger charge is -2.19. The average molecular weight is 232 g/mol. The molecule has 16 heavy (non-hydrogen) atoms. The van der Waals surface area contributed by atoms with Crippen molar-refractivity contribution in [2.45, 2.75) is 26.4 Å². The Labute approximate surface area is 93.4 Å². The van der Waals surface area contributed by atoms with Gasteiger partial charge in [0.2, 0.25) is 0 Å². The van der Waals surface area contributed by atoms with Gasteiger partial charge < -0.3 is 20.0 Å². The maximum atomic E-state index is 11.1. The van der Waals surface area contributed by atoms with Crippen LogP contribution >= 0.6 is 0 Å². The third-order valence-electron chi connectivity index (χ3n) is 1.10. The topological polar surface area (TPSA) is 97.2 Å². The van der Waals surface area contributed by atoms with Crippen LogP contribution in [0.3, 0.4) is 0 Å². The molecule has 0 aromatic carbocycles. The molecule has 0 saturated heterocycles. The van der Waals surface area contributed by atoms with Gasteiger partial charge in [-0.2, -0.15) is 0 Å². The summed E-state index contributed by atoms with van der Waals surface area (Å²) in [6, 6.07) is 0. The molecule has 0 atom stereocenters. The Morgan fingerprint density at radius 3 is 2.56 bits per heavy atom. The molecule has 0 radical (unpaired) electrons. The van der Waals surface area contributed by atoms with Crippen LogP contribution in [0.1, 0.15) is 20.8 Å². The van der Waals surface area contributed by atoms with E-state index in [-0.39, 0.29) is 13.2 Å². The van der Waals surface area contributed by atoms with Gasteiger partial charge in [0, 0.05) is 0 Å². The number of hydrogen-bond donors (Lipinski definition) is 2. The Bertz CT molecular complexity index is 270. The minimum Gasteiger partial charge on any atom is -0.477 e. The number of aliphatic carboxylic acids is 1. The van der Waals surface area contributed by atoms with Crippen LogP contribution in [0.2, 0.25) is 0 Å². The van der Waals surface area contributed by atoms with Crippen molar-refractivity contribution < 1.29 is 24.3 Å². The lowest BCUT2D eigenvalue weighted by atomic mass is 10.2. The van der Waals surface area contributed by atoms with E-state index in [0.29, 0.717) is 6.21 Å². The zero-order valence-electron chi connectivity index (χ0n) is 9.52. The fourth-order valence-electron chi connectivity index (χ4n) is 0.648. The number of oxime groups is 1. The summed E-state index contributed by atoms with van der Waals surface area (Å²) in [6.07, 6.45) is 0.0614. The molecular weight excluding hydrogens is 216 g/mol. The van der Waals surface area contributed by atoms with Gasteiger partial charge in [-0.15, -0.1) is 0 Å². The van der Waals surface area contributed by atoms with Gasteiger partial charge in [-0.1, -0.05) is 5.16 Å². The number of carboxylic acid groups (broad SMARTS) is 1. The van der Waals surface area contributed by atoms with Gasteiger partial charge in [-0.25, -0.2) is 9.59 Å². The number of nitrogens with one attached hydrogen (secondary N) is 1. The van der Waals surface area contributed by atoms with Gasteiger partial charge >= 0.3 is 12.1 Å². The molecule has 0 bridgehead atoms. The minimum absolute atomic E-state index is 0.0724. The number of ether oxygens (including phenoxy) is 1. The number of alkyl carbamates (subject to hydrolysis) is 1. The van der Waals surface area contributed by atoms with E-state index in [2.05, 4.69) is 15.3 Å². The monoisotopic (exact) mass is 232 g/mol. The highest BCUT2D eigenvalue weighted by Crippen LogP contribution is 2.05. The SMILES string of the molecule is CC(C)(C)OC(=O)NCCON=CC(=O)O. The largest absolute Gasteiger partial charge is 0.477 e. The van der Waals surface area contributed by atoms with Crippen LogP contribution < -0.4 is 5.32 Å². The first-order valence-corrected chi connectivity index (χ1v) is 4.66. The Balaban J connectivity index is 3.53. The fourth-order valence-corrected chi connectivity index (χ4v) is 0.648. The molecule has 0 fully saturated rings. The molecule has 7 heteroatoms. The van der Waals surface area contributed by atoms with Crippen LogP contribution in [0.25, 0.3) is 0 Å². The Morgan fingerprint density at radius 1 is 1.44 bits per heavy atom. The van der Waals surface area contributed by atoms with E-state index in [0.717, 1.165) is 0 Å². The van der Waals surface area contributed by atoms with Crippen LogP contribution in [0.15, 0.2) is 5.16 Å². The van der Waals surface area contributed by atoms with Crippen molar-refractivity contribution in [3.05, 3.63) is 0 Å². The average Bonchev–Trinajstić information content (AvgIpc) is 2.07. The molecule has 7 nitrogen and oxygen atoms in total. The number of carboxylic acids is 1. The normalized spacial score (nSPS) is 11.2. The van der Waals surface area contributed by atoms with Gasteiger partial charge in [0.05, 0.1) is 6.54 Å². The molecular formula is C9H16N2O5. The van der Waals surface area contributed by atoms with Gasteiger partial charge in [-0.05, 0) is 20.8 Å². The molecule has 0 saturated carbocycles. The molecule has 0 aliphatic carbocycles. The smallest absolute Gasteiger partial charge is 0.407 e. The second kappa shape index (κ2) is 6.65. The second-order valence-corrected chi connectivity index (χ2v) is 3.83. The van der Waals surface area contributed by atoms with Crippen molar-refractivity contribution in [3.63, 3.8) is 0 Å². The molecule has 0 spiro atoms. The fraction of sp³-hybridized carbons (Fsp3) is 0.667. The lowest BCUT2D eigenvalue weighted by Crippen LogP contribution is -2.34. The van der Waals surface area contributed by atoms with Gasteiger partial charge in [0.25, 0.3) is 0 Å². The van der Waals surface area contributed by atoms with Crippen LogP contribution in [0.4, 0.5) is 4.79 Å². The highest BCUT2D eigenvalue weighted by atomic mass is 16.6. The summed E-state index contributed by atoms with van der Waals surface area (Å²) in [5.41, 5.74) is -0.549. The molecule has 0 heterocycles. The van der Waals surface area contributed by atoms with E-state index >= 15 is 0 Å².